The van der Waals surface area contributed by atoms with Crippen LogP contribution in [0.15, 0.2) is 0 Å². The topological polar surface area (TPSA) is 59.1 Å². The van der Waals surface area contributed by atoms with E-state index in [0.29, 0.717) is 0 Å². The lowest BCUT2D eigenvalue weighted by molar-refractivity contribution is 0.197. The van der Waals surface area contributed by atoms with Gasteiger partial charge in [0.2, 0.25) is 0 Å². The highest BCUT2D eigenvalue weighted by molar-refractivity contribution is 5.57. The van der Waals surface area contributed by atoms with Crippen molar-refractivity contribution in [1.82, 2.24) is 9.97 Å². The number of anilines is 2. The molecular formula is C16H30N4O. The molecule has 0 atom stereocenters. The number of aromatic nitrogens is 2. The molecule has 0 unspecified atom stereocenters. The van der Waals surface area contributed by atoms with E-state index in [2.05, 4.69) is 45.3 Å². The zero-order valence-electron chi connectivity index (χ0n) is 14.3. The summed E-state index contributed by atoms with van der Waals surface area (Å²) in [6.07, 6.45) is 2.04. The molecule has 0 aliphatic rings. The summed E-state index contributed by atoms with van der Waals surface area (Å²) < 4.78 is 5.08. The standard InChI is InChI=1S/C16H30N4O/c1-7-9-17-13-12(2)14(18-10-8-11-21-6)20-15(19-13)16(3,4)5/h7-11H2,1-6H3,(H2,17,18,19,20). The van der Waals surface area contributed by atoms with Crippen molar-refractivity contribution in [1.29, 1.82) is 0 Å². The molecule has 120 valence electrons. The van der Waals surface area contributed by atoms with E-state index in [0.717, 1.165) is 55.6 Å². The minimum atomic E-state index is -0.0701. The molecule has 0 amide bonds. The van der Waals surface area contributed by atoms with Gasteiger partial charge < -0.3 is 15.4 Å². The van der Waals surface area contributed by atoms with Crippen molar-refractivity contribution in [3.8, 4) is 0 Å². The maximum Gasteiger partial charge on any atom is 0.138 e. The van der Waals surface area contributed by atoms with Crippen LogP contribution in [0, 0.1) is 6.92 Å². The van der Waals surface area contributed by atoms with Crippen molar-refractivity contribution in [2.75, 3.05) is 37.4 Å². The van der Waals surface area contributed by atoms with Crippen LogP contribution in [0.5, 0.6) is 0 Å². The first-order valence-electron chi connectivity index (χ1n) is 7.76. The van der Waals surface area contributed by atoms with Gasteiger partial charge in [-0.2, -0.15) is 0 Å². The third-order valence-corrected chi connectivity index (χ3v) is 3.18. The number of hydrogen-bond donors (Lipinski definition) is 2. The van der Waals surface area contributed by atoms with Gasteiger partial charge in [0.05, 0.1) is 0 Å². The van der Waals surface area contributed by atoms with Gasteiger partial charge in [-0.1, -0.05) is 27.7 Å². The number of methoxy groups -OCH3 is 1. The van der Waals surface area contributed by atoms with Crippen molar-refractivity contribution in [2.45, 2.75) is 52.9 Å². The highest BCUT2D eigenvalue weighted by Crippen LogP contribution is 2.26. The van der Waals surface area contributed by atoms with Gasteiger partial charge in [0.25, 0.3) is 0 Å². The smallest absolute Gasteiger partial charge is 0.138 e. The second-order valence-electron chi connectivity index (χ2n) is 6.32. The minimum absolute atomic E-state index is 0.0701. The zero-order valence-corrected chi connectivity index (χ0v) is 14.3. The summed E-state index contributed by atoms with van der Waals surface area (Å²) in [5.74, 6) is 2.72. The van der Waals surface area contributed by atoms with E-state index in [1.807, 2.05) is 0 Å². The Morgan fingerprint density at radius 3 is 2.10 bits per heavy atom. The van der Waals surface area contributed by atoms with Crippen LogP contribution in [-0.2, 0) is 10.2 Å². The summed E-state index contributed by atoms with van der Waals surface area (Å²) in [6.45, 7) is 13.1. The lowest BCUT2D eigenvalue weighted by Gasteiger charge is -2.21. The Bertz CT molecular complexity index is 441. The Hall–Kier alpha value is -1.36. The molecule has 1 aromatic rings. The summed E-state index contributed by atoms with van der Waals surface area (Å²) in [6, 6.07) is 0. The van der Waals surface area contributed by atoms with Crippen LogP contribution in [0.25, 0.3) is 0 Å². The molecule has 0 saturated carbocycles. The van der Waals surface area contributed by atoms with E-state index >= 15 is 0 Å². The second-order valence-corrected chi connectivity index (χ2v) is 6.32. The third-order valence-electron chi connectivity index (χ3n) is 3.18. The number of hydrogen-bond acceptors (Lipinski definition) is 5. The van der Waals surface area contributed by atoms with Gasteiger partial charge >= 0.3 is 0 Å². The number of nitrogens with one attached hydrogen (secondary N) is 2. The fourth-order valence-corrected chi connectivity index (χ4v) is 1.86. The first kappa shape index (κ1) is 17.7. The molecule has 0 aliphatic carbocycles. The monoisotopic (exact) mass is 294 g/mol. The third kappa shape index (κ3) is 5.50. The molecule has 0 spiro atoms. The molecule has 0 aromatic carbocycles. The minimum Gasteiger partial charge on any atom is -0.385 e. The molecule has 1 aromatic heterocycles. The quantitative estimate of drug-likeness (QED) is 0.720. The Morgan fingerprint density at radius 2 is 1.62 bits per heavy atom. The van der Waals surface area contributed by atoms with Crippen LogP contribution in [0.1, 0.15) is 51.9 Å². The van der Waals surface area contributed by atoms with Crippen molar-refractivity contribution >= 4 is 11.6 Å². The van der Waals surface area contributed by atoms with E-state index in [1.165, 1.54) is 0 Å². The SMILES string of the molecule is CCCNc1nc(C(C)(C)C)nc(NCCCOC)c1C. The van der Waals surface area contributed by atoms with E-state index < -0.39 is 0 Å². The fourth-order valence-electron chi connectivity index (χ4n) is 1.86. The highest BCUT2D eigenvalue weighted by Gasteiger charge is 2.21. The van der Waals surface area contributed by atoms with Gasteiger partial charge in [0.1, 0.15) is 17.5 Å². The summed E-state index contributed by atoms with van der Waals surface area (Å²) in [5.41, 5.74) is 1.01. The van der Waals surface area contributed by atoms with Crippen molar-refractivity contribution in [3.05, 3.63) is 11.4 Å². The first-order valence-corrected chi connectivity index (χ1v) is 7.76. The molecule has 21 heavy (non-hydrogen) atoms. The van der Waals surface area contributed by atoms with Crippen molar-refractivity contribution in [3.63, 3.8) is 0 Å². The van der Waals surface area contributed by atoms with Gasteiger partial charge in [-0.15, -0.1) is 0 Å². The van der Waals surface area contributed by atoms with Crippen LogP contribution >= 0.6 is 0 Å². The molecule has 2 N–H and O–H groups in total. The molecule has 0 fully saturated rings. The van der Waals surface area contributed by atoms with Crippen LogP contribution in [0.3, 0.4) is 0 Å². The predicted octanol–water partition coefficient (Wildman–Crippen LogP) is 3.35. The second kappa shape index (κ2) is 8.17. The van der Waals surface area contributed by atoms with Crippen LogP contribution in [0.4, 0.5) is 11.6 Å². The van der Waals surface area contributed by atoms with Gasteiger partial charge in [-0.25, -0.2) is 9.97 Å². The zero-order chi connectivity index (χ0) is 15.9. The Morgan fingerprint density at radius 1 is 1.05 bits per heavy atom. The number of rotatable bonds is 8. The summed E-state index contributed by atoms with van der Waals surface area (Å²) in [4.78, 5) is 9.41. The molecule has 5 heteroatoms. The molecular weight excluding hydrogens is 264 g/mol. The van der Waals surface area contributed by atoms with E-state index in [1.54, 1.807) is 7.11 Å². The molecule has 1 rings (SSSR count). The van der Waals surface area contributed by atoms with Gasteiger partial charge in [-0.3, -0.25) is 0 Å². The maximum absolute atomic E-state index is 5.08. The molecule has 1 heterocycles. The normalized spacial score (nSPS) is 11.5. The van der Waals surface area contributed by atoms with Crippen LogP contribution < -0.4 is 10.6 Å². The summed E-state index contributed by atoms with van der Waals surface area (Å²) in [7, 11) is 1.72. The van der Waals surface area contributed by atoms with Crippen molar-refractivity contribution in [2.24, 2.45) is 0 Å². The number of nitrogens with zero attached hydrogens (tertiary/aromatic N) is 2. The Labute approximate surface area is 128 Å². The molecule has 5 nitrogen and oxygen atoms in total. The fraction of sp³-hybridized carbons (Fsp3) is 0.750. The lowest BCUT2D eigenvalue weighted by Crippen LogP contribution is -2.20. The molecule has 0 radical (unpaired) electrons. The predicted molar refractivity (Wildman–Crippen MR) is 89.2 cm³/mol. The molecule has 0 aliphatic heterocycles. The molecule has 0 bridgehead atoms. The molecule has 0 saturated heterocycles. The van der Waals surface area contributed by atoms with E-state index in [9.17, 15) is 0 Å². The lowest BCUT2D eigenvalue weighted by atomic mass is 9.95. The van der Waals surface area contributed by atoms with Crippen LogP contribution in [-0.4, -0.2) is 36.8 Å². The van der Waals surface area contributed by atoms with Crippen molar-refractivity contribution < 1.29 is 4.74 Å². The van der Waals surface area contributed by atoms with Crippen LogP contribution in [0.2, 0.25) is 0 Å². The summed E-state index contributed by atoms with van der Waals surface area (Å²) in [5, 5.41) is 6.81. The van der Waals surface area contributed by atoms with Gasteiger partial charge in [0, 0.05) is 37.8 Å². The highest BCUT2D eigenvalue weighted by atomic mass is 16.5. The Balaban J connectivity index is 2.97. The maximum atomic E-state index is 5.08. The Kier molecular flexibility index (Phi) is 6.89. The first-order chi connectivity index (χ1) is 9.90. The van der Waals surface area contributed by atoms with E-state index in [-0.39, 0.29) is 5.41 Å². The largest absolute Gasteiger partial charge is 0.385 e. The van der Waals surface area contributed by atoms with Gasteiger partial charge in [0.15, 0.2) is 0 Å². The number of ether oxygens (including phenoxy) is 1. The average Bonchev–Trinajstić information content (AvgIpc) is 2.42. The van der Waals surface area contributed by atoms with Gasteiger partial charge in [-0.05, 0) is 19.8 Å². The average molecular weight is 294 g/mol. The van der Waals surface area contributed by atoms with E-state index in [4.69, 9.17) is 14.7 Å². The summed E-state index contributed by atoms with van der Waals surface area (Å²) >= 11 is 0.